The van der Waals surface area contributed by atoms with E-state index in [4.69, 9.17) is 20.7 Å². The first-order valence-electron chi connectivity index (χ1n) is 8.79. The van der Waals surface area contributed by atoms with Gasteiger partial charge in [0.15, 0.2) is 0 Å². The van der Waals surface area contributed by atoms with E-state index in [1.54, 1.807) is 24.3 Å². The number of rotatable bonds is 4. The van der Waals surface area contributed by atoms with Crippen molar-refractivity contribution in [2.24, 2.45) is 0 Å². The van der Waals surface area contributed by atoms with Gasteiger partial charge in [-0.05, 0) is 36.1 Å². The third-order valence-electron chi connectivity index (χ3n) is 4.82. The van der Waals surface area contributed by atoms with Gasteiger partial charge in [-0.1, -0.05) is 42.5 Å². The molecule has 146 valence electrons. The topological polar surface area (TPSA) is 87.5 Å². The quantitative estimate of drug-likeness (QED) is 0.701. The zero-order valence-electron chi connectivity index (χ0n) is 15.0. The van der Waals surface area contributed by atoms with Crippen LogP contribution in [-0.4, -0.2) is 31.2 Å². The Morgan fingerprint density at radius 2 is 1.86 bits per heavy atom. The molecule has 1 saturated heterocycles. The summed E-state index contributed by atoms with van der Waals surface area (Å²) in [6, 6.07) is 17.6. The second-order valence-electron chi connectivity index (χ2n) is 6.61. The van der Waals surface area contributed by atoms with Crippen LogP contribution < -0.4 is 0 Å². The smallest absolute Gasteiger partial charge is 0.410 e. The summed E-state index contributed by atoms with van der Waals surface area (Å²) in [6.07, 6.45) is -0.0827. The van der Waals surface area contributed by atoms with Gasteiger partial charge in [-0.15, -0.1) is 0 Å². The molecule has 2 atom stereocenters. The summed E-state index contributed by atoms with van der Waals surface area (Å²) in [5, 5.41) is 8.23. The molecule has 6 nitrogen and oxygen atoms in total. The lowest BCUT2D eigenvalue weighted by Gasteiger charge is -2.38. The van der Waals surface area contributed by atoms with Crippen LogP contribution in [0.5, 0.6) is 0 Å². The van der Waals surface area contributed by atoms with Crippen LogP contribution in [-0.2, 0) is 20.4 Å². The van der Waals surface area contributed by atoms with Crippen LogP contribution in [0.1, 0.15) is 35.6 Å². The van der Waals surface area contributed by atoms with E-state index < -0.39 is 26.4 Å². The van der Waals surface area contributed by atoms with Crippen molar-refractivity contribution >= 4 is 25.8 Å². The molecule has 0 spiro atoms. The number of halogens is 1. The Morgan fingerprint density at radius 1 is 1.18 bits per heavy atom. The normalized spacial score (nSPS) is 19.6. The molecule has 1 aliphatic heterocycles. The predicted molar refractivity (Wildman–Crippen MR) is 105 cm³/mol. The van der Waals surface area contributed by atoms with Gasteiger partial charge >= 0.3 is 6.09 Å². The van der Waals surface area contributed by atoms with Crippen LogP contribution in [0.4, 0.5) is 4.79 Å². The Hall–Kier alpha value is -2.56. The third-order valence-corrected chi connectivity index (χ3v) is 6.80. The molecule has 1 fully saturated rings. The van der Waals surface area contributed by atoms with Crippen molar-refractivity contribution in [3.05, 3.63) is 71.3 Å². The second kappa shape index (κ2) is 8.63. The summed E-state index contributed by atoms with van der Waals surface area (Å²) in [5.41, 5.74) is 2.09. The summed E-state index contributed by atoms with van der Waals surface area (Å²) < 4.78 is 29.1. The van der Waals surface area contributed by atoms with Gasteiger partial charge in [-0.2, -0.15) is 5.26 Å². The number of benzene rings is 2. The van der Waals surface area contributed by atoms with Crippen molar-refractivity contribution in [3.8, 4) is 6.07 Å². The number of hydrogen-bond acceptors (Lipinski definition) is 5. The predicted octanol–water partition coefficient (Wildman–Crippen LogP) is 3.97. The van der Waals surface area contributed by atoms with Crippen LogP contribution in [0.2, 0.25) is 0 Å². The lowest BCUT2D eigenvalue weighted by Crippen LogP contribution is -2.44. The maximum Gasteiger partial charge on any atom is 0.410 e. The monoisotopic (exact) mass is 418 g/mol. The van der Waals surface area contributed by atoms with Gasteiger partial charge in [0.1, 0.15) is 6.61 Å². The fraction of sp³-hybridized carbons (Fsp3) is 0.300. The van der Waals surface area contributed by atoms with Gasteiger partial charge < -0.3 is 9.64 Å². The number of piperidine rings is 1. The molecular weight excluding hydrogens is 400 g/mol. The highest BCUT2D eigenvalue weighted by Crippen LogP contribution is 2.35. The first-order valence-corrected chi connectivity index (χ1v) is 11.2. The number of nitrogens with zero attached hydrogens (tertiary/aromatic N) is 2. The molecule has 1 amide bonds. The Kier molecular flexibility index (Phi) is 6.22. The largest absolute Gasteiger partial charge is 0.445 e. The van der Waals surface area contributed by atoms with Crippen molar-refractivity contribution < 1.29 is 17.9 Å². The number of carbonyl (C=O) groups is 1. The van der Waals surface area contributed by atoms with Crippen molar-refractivity contribution in [1.29, 1.82) is 5.26 Å². The zero-order chi connectivity index (χ0) is 20.1. The Morgan fingerprint density at radius 3 is 2.46 bits per heavy atom. The summed E-state index contributed by atoms with van der Waals surface area (Å²) >= 11 is 0. The van der Waals surface area contributed by atoms with Crippen molar-refractivity contribution in [2.75, 3.05) is 6.54 Å². The van der Waals surface area contributed by atoms with Gasteiger partial charge in [-0.3, -0.25) is 0 Å². The highest BCUT2D eigenvalue weighted by Gasteiger charge is 2.38. The van der Waals surface area contributed by atoms with Crippen molar-refractivity contribution in [2.45, 2.75) is 30.7 Å². The van der Waals surface area contributed by atoms with Crippen molar-refractivity contribution in [3.63, 3.8) is 0 Å². The van der Waals surface area contributed by atoms with E-state index in [2.05, 4.69) is 0 Å². The van der Waals surface area contributed by atoms with Crippen LogP contribution in [0.25, 0.3) is 0 Å². The molecule has 0 aromatic heterocycles. The SMILES string of the molecule is N#Cc1ccc([C@@H]2C[C@@H](S(=O)(=O)Cl)CCN2C(=O)OCc2ccccc2)cc1. The van der Waals surface area contributed by atoms with E-state index >= 15 is 0 Å². The Balaban J connectivity index is 1.80. The molecule has 0 radical (unpaired) electrons. The van der Waals surface area contributed by atoms with Gasteiger partial charge in [0.2, 0.25) is 9.05 Å². The number of amides is 1. The highest BCUT2D eigenvalue weighted by molar-refractivity contribution is 8.14. The van der Waals surface area contributed by atoms with Crippen LogP contribution in [0, 0.1) is 11.3 Å². The molecule has 1 aliphatic rings. The van der Waals surface area contributed by atoms with E-state index in [0.29, 0.717) is 5.56 Å². The molecule has 2 aromatic rings. The molecule has 0 unspecified atom stereocenters. The minimum atomic E-state index is -3.74. The molecule has 0 N–H and O–H groups in total. The lowest BCUT2D eigenvalue weighted by molar-refractivity contribution is 0.0685. The molecule has 1 heterocycles. The Labute approximate surface area is 168 Å². The minimum Gasteiger partial charge on any atom is -0.445 e. The molecule has 28 heavy (non-hydrogen) atoms. The first kappa shape index (κ1) is 20.2. The molecular formula is C20H19ClN2O4S. The molecule has 0 aliphatic carbocycles. The number of hydrogen-bond donors (Lipinski definition) is 0. The van der Waals surface area contributed by atoms with Crippen LogP contribution in [0.15, 0.2) is 54.6 Å². The van der Waals surface area contributed by atoms with E-state index in [1.165, 1.54) is 4.90 Å². The van der Waals surface area contributed by atoms with E-state index in [9.17, 15) is 13.2 Å². The standard InChI is InChI=1S/C20H19ClN2O4S/c21-28(25,26)18-10-11-23(20(24)27-14-16-4-2-1-3-5-16)19(12-18)17-8-6-15(13-22)7-9-17/h1-9,18-19H,10-12,14H2/t18-,19-/m0/s1. The van der Waals surface area contributed by atoms with E-state index in [-0.39, 0.29) is 26.0 Å². The number of nitriles is 1. The second-order valence-corrected chi connectivity index (χ2v) is 9.51. The average molecular weight is 419 g/mol. The number of carbonyl (C=O) groups excluding carboxylic acids is 1. The maximum absolute atomic E-state index is 12.7. The van der Waals surface area contributed by atoms with E-state index in [0.717, 1.165) is 11.1 Å². The molecule has 2 aromatic carbocycles. The number of likely N-dealkylation sites (tertiary alicyclic amines) is 1. The molecule has 3 rings (SSSR count). The zero-order valence-corrected chi connectivity index (χ0v) is 16.6. The Bertz CT molecular complexity index is 972. The van der Waals surface area contributed by atoms with Gasteiger partial charge in [0, 0.05) is 17.2 Å². The molecule has 0 saturated carbocycles. The lowest BCUT2D eigenvalue weighted by atomic mass is 9.94. The minimum absolute atomic E-state index is 0.132. The highest BCUT2D eigenvalue weighted by atomic mass is 35.7. The van der Waals surface area contributed by atoms with Crippen molar-refractivity contribution in [1.82, 2.24) is 4.90 Å². The fourth-order valence-electron chi connectivity index (χ4n) is 3.31. The maximum atomic E-state index is 12.7. The molecule has 8 heteroatoms. The number of ether oxygens (including phenoxy) is 1. The van der Waals surface area contributed by atoms with Gasteiger partial charge in [0.25, 0.3) is 0 Å². The first-order chi connectivity index (χ1) is 13.4. The third kappa shape index (κ3) is 4.83. The van der Waals surface area contributed by atoms with Crippen LogP contribution >= 0.6 is 10.7 Å². The van der Waals surface area contributed by atoms with Gasteiger partial charge in [0.05, 0.1) is 22.9 Å². The summed E-state index contributed by atoms with van der Waals surface area (Å²) in [7, 11) is 1.83. The molecule has 0 bridgehead atoms. The van der Waals surface area contributed by atoms with Crippen LogP contribution in [0.3, 0.4) is 0 Å². The van der Waals surface area contributed by atoms with Gasteiger partial charge in [-0.25, -0.2) is 13.2 Å². The summed E-state index contributed by atoms with van der Waals surface area (Å²) in [6.45, 7) is 0.350. The fourth-order valence-corrected chi connectivity index (χ4v) is 4.59. The average Bonchev–Trinajstić information content (AvgIpc) is 2.71. The summed E-state index contributed by atoms with van der Waals surface area (Å²) in [4.78, 5) is 14.2. The van der Waals surface area contributed by atoms with E-state index in [1.807, 2.05) is 36.4 Å². The summed E-state index contributed by atoms with van der Waals surface area (Å²) in [5.74, 6) is 0.